The molecule has 0 saturated carbocycles. The average molecular weight is 306 g/mol. The summed E-state index contributed by atoms with van der Waals surface area (Å²) in [6.45, 7) is 0. The number of hydrogen-bond acceptors (Lipinski definition) is 3. The van der Waals surface area contributed by atoms with Gasteiger partial charge in [-0.3, -0.25) is 4.68 Å². The fourth-order valence-corrected chi connectivity index (χ4v) is 2.32. The van der Waals surface area contributed by atoms with E-state index in [0.29, 0.717) is 16.8 Å². The summed E-state index contributed by atoms with van der Waals surface area (Å²) in [5.74, 6) is -1.77. The van der Waals surface area contributed by atoms with Gasteiger partial charge in [0, 0.05) is 24.7 Å². The van der Waals surface area contributed by atoms with Crippen LogP contribution in [0.4, 0.5) is 4.39 Å². The smallest absolute Gasteiger partial charge is 0.336 e. The molecule has 3 rings (SSSR count). The van der Waals surface area contributed by atoms with E-state index in [-0.39, 0.29) is 16.1 Å². The number of aromatic nitrogens is 3. The van der Waals surface area contributed by atoms with Gasteiger partial charge in [-0.15, -0.1) is 0 Å². The molecule has 1 N–H and O–H groups in total. The van der Waals surface area contributed by atoms with E-state index in [1.165, 1.54) is 12.1 Å². The predicted octanol–water partition coefficient (Wildman–Crippen LogP) is 3.13. The predicted molar refractivity (Wildman–Crippen MR) is 75.9 cm³/mol. The van der Waals surface area contributed by atoms with Crippen molar-refractivity contribution in [3.63, 3.8) is 0 Å². The van der Waals surface area contributed by atoms with Crippen molar-refractivity contribution >= 4 is 28.5 Å². The van der Waals surface area contributed by atoms with E-state index < -0.39 is 11.8 Å². The second-order valence-electron chi connectivity index (χ2n) is 4.48. The summed E-state index contributed by atoms with van der Waals surface area (Å²) in [6.07, 6.45) is 1.57. The minimum atomic E-state index is -1.13. The van der Waals surface area contributed by atoms with E-state index in [4.69, 9.17) is 11.6 Å². The normalized spacial score (nSPS) is 11.0. The second kappa shape index (κ2) is 4.82. The Morgan fingerprint density at radius 2 is 2.14 bits per heavy atom. The first kappa shape index (κ1) is 13.5. The van der Waals surface area contributed by atoms with Crippen molar-refractivity contribution < 1.29 is 14.3 Å². The van der Waals surface area contributed by atoms with Gasteiger partial charge in [0.05, 0.1) is 27.5 Å². The molecule has 0 bridgehead atoms. The number of carboxylic acid groups (broad SMARTS) is 1. The third-order valence-electron chi connectivity index (χ3n) is 3.16. The lowest BCUT2D eigenvalue weighted by Gasteiger charge is -2.08. The molecular weight excluding hydrogens is 297 g/mol. The highest BCUT2D eigenvalue weighted by atomic mass is 35.5. The summed E-state index contributed by atoms with van der Waals surface area (Å²) in [7, 11) is 1.71. The number of halogens is 2. The Bertz CT molecular complexity index is 876. The minimum Gasteiger partial charge on any atom is -0.478 e. The van der Waals surface area contributed by atoms with Crippen LogP contribution in [0.5, 0.6) is 0 Å². The molecule has 0 amide bonds. The maximum Gasteiger partial charge on any atom is 0.336 e. The highest BCUT2D eigenvalue weighted by Crippen LogP contribution is 2.28. The van der Waals surface area contributed by atoms with E-state index in [1.807, 2.05) is 0 Å². The lowest BCUT2D eigenvalue weighted by atomic mass is 10.1. The molecular formula is C14H9ClFN3O2. The van der Waals surface area contributed by atoms with Gasteiger partial charge in [0.1, 0.15) is 5.82 Å². The molecule has 0 unspecified atom stereocenters. The summed E-state index contributed by atoms with van der Waals surface area (Å²) in [4.78, 5) is 15.7. The minimum absolute atomic E-state index is 0.0121. The Balaban J connectivity index is 2.37. The number of benzene rings is 1. The van der Waals surface area contributed by atoms with Crippen LogP contribution in [0, 0.1) is 5.82 Å². The monoisotopic (exact) mass is 305 g/mol. The summed E-state index contributed by atoms with van der Waals surface area (Å²) in [5, 5.41) is 13.5. The van der Waals surface area contributed by atoms with Crippen LogP contribution < -0.4 is 0 Å². The first-order valence-corrected chi connectivity index (χ1v) is 6.36. The number of fused-ring (bicyclic) bond motifs is 1. The van der Waals surface area contributed by atoms with Gasteiger partial charge in [0.15, 0.2) is 0 Å². The van der Waals surface area contributed by atoms with Crippen molar-refractivity contribution in [3.8, 4) is 11.4 Å². The SMILES string of the molecule is Cn1nccc1-c1cc(C(=O)O)c2cc(Cl)c(F)cc2n1. The Morgan fingerprint density at radius 3 is 2.76 bits per heavy atom. The maximum atomic E-state index is 13.6. The van der Waals surface area contributed by atoms with Crippen LogP contribution in [-0.4, -0.2) is 25.8 Å². The van der Waals surface area contributed by atoms with Crippen molar-refractivity contribution in [2.75, 3.05) is 0 Å². The van der Waals surface area contributed by atoms with Crippen LogP contribution in [-0.2, 0) is 7.05 Å². The molecule has 0 aliphatic heterocycles. The van der Waals surface area contributed by atoms with Gasteiger partial charge in [-0.25, -0.2) is 14.2 Å². The van der Waals surface area contributed by atoms with Gasteiger partial charge in [-0.2, -0.15) is 5.10 Å². The Morgan fingerprint density at radius 1 is 1.38 bits per heavy atom. The van der Waals surface area contributed by atoms with Gasteiger partial charge >= 0.3 is 5.97 Å². The molecule has 3 aromatic rings. The molecule has 2 heterocycles. The van der Waals surface area contributed by atoms with Gasteiger partial charge < -0.3 is 5.11 Å². The van der Waals surface area contributed by atoms with Crippen molar-refractivity contribution in [1.29, 1.82) is 0 Å². The molecule has 0 spiro atoms. The Hall–Kier alpha value is -2.47. The Labute approximate surface area is 123 Å². The molecule has 7 heteroatoms. The zero-order chi connectivity index (χ0) is 15.1. The molecule has 0 fully saturated rings. The molecule has 0 atom stereocenters. The number of carboxylic acids is 1. The number of hydrogen-bond donors (Lipinski definition) is 1. The summed E-state index contributed by atoms with van der Waals surface area (Å²) >= 11 is 5.72. The third-order valence-corrected chi connectivity index (χ3v) is 3.45. The molecule has 0 aliphatic carbocycles. The third kappa shape index (κ3) is 2.23. The van der Waals surface area contributed by atoms with Gasteiger partial charge in [-0.1, -0.05) is 11.6 Å². The van der Waals surface area contributed by atoms with Gasteiger partial charge in [-0.05, 0) is 18.2 Å². The van der Waals surface area contributed by atoms with E-state index >= 15 is 0 Å². The standard InChI is InChI=1S/C14H9ClFN3O2/c1-19-13(2-3-17-19)12-5-8(14(20)21)7-4-9(15)10(16)6-11(7)18-12/h2-6H,1H3,(H,20,21). The topological polar surface area (TPSA) is 68.0 Å². The highest BCUT2D eigenvalue weighted by molar-refractivity contribution is 6.31. The van der Waals surface area contributed by atoms with E-state index in [0.717, 1.165) is 6.07 Å². The Kier molecular flexibility index (Phi) is 3.10. The summed E-state index contributed by atoms with van der Waals surface area (Å²) < 4.78 is 15.2. The van der Waals surface area contributed by atoms with Crippen LogP contribution in [0.1, 0.15) is 10.4 Å². The number of aryl methyl sites for hydroxylation is 1. The van der Waals surface area contributed by atoms with Gasteiger partial charge in [0.25, 0.3) is 0 Å². The maximum absolute atomic E-state index is 13.6. The number of nitrogens with zero attached hydrogens (tertiary/aromatic N) is 3. The van der Waals surface area contributed by atoms with Gasteiger partial charge in [0.2, 0.25) is 0 Å². The number of rotatable bonds is 2. The zero-order valence-electron chi connectivity index (χ0n) is 10.8. The van der Waals surface area contributed by atoms with Crippen molar-refractivity contribution in [3.05, 3.63) is 46.9 Å². The quantitative estimate of drug-likeness (QED) is 0.790. The molecule has 106 valence electrons. The van der Waals surface area contributed by atoms with Crippen LogP contribution in [0.15, 0.2) is 30.5 Å². The van der Waals surface area contributed by atoms with E-state index in [2.05, 4.69) is 10.1 Å². The fraction of sp³-hybridized carbons (Fsp3) is 0.0714. The van der Waals surface area contributed by atoms with Crippen LogP contribution in [0.2, 0.25) is 5.02 Å². The molecule has 0 saturated heterocycles. The largest absolute Gasteiger partial charge is 0.478 e. The molecule has 2 aromatic heterocycles. The van der Waals surface area contributed by atoms with Crippen molar-refractivity contribution in [2.45, 2.75) is 0 Å². The molecule has 0 radical (unpaired) electrons. The highest BCUT2D eigenvalue weighted by Gasteiger charge is 2.16. The van der Waals surface area contributed by atoms with E-state index in [9.17, 15) is 14.3 Å². The molecule has 5 nitrogen and oxygen atoms in total. The molecule has 21 heavy (non-hydrogen) atoms. The zero-order valence-corrected chi connectivity index (χ0v) is 11.6. The second-order valence-corrected chi connectivity index (χ2v) is 4.89. The first-order valence-electron chi connectivity index (χ1n) is 5.99. The van der Waals surface area contributed by atoms with Crippen molar-refractivity contribution in [1.82, 2.24) is 14.8 Å². The number of carbonyl (C=O) groups is 1. The average Bonchev–Trinajstić information content (AvgIpc) is 2.85. The molecule has 0 aliphatic rings. The molecule has 1 aromatic carbocycles. The summed E-state index contributed by atoms with van der Waals surface area (Å²) in [6, 6.07) is 5.53. The van der Waals surface area contributed by atoms with Crippen LogP contribution in [0.25, 0.3) is 22.3 Å². The number of aromatic carboxylic acids is 1. The number of pyridine rings is 1. The fourth-order valence-electron chi connectivity index (χ4n) is 2.15. The van der Waals surface area contributed by atoms with Crippen molar-refractivity contribution in [2.24, 2.45) is 7.05 Å². The summed E-state index contributed by atoms with van der Waals surface area (Å²) in [5.41, 5.74) is 1.28. The lowest BCUT2D eigenvalue weighted by Crippen LogP contribution is -2.02. The van der Waals surface area contributed by atoms with Crippen LogP contribution in [0.3, 0.4) is 0 Å². The first-order chi connectivity index (χ1) is 9.97. The van der Waals surface area contributed by atoms with Crippen LogP contribution >= 0.6 is 11.6 Å². The lowest BCUT2D eigenvalue weighted by molar-refractivity contribution is 0.0699. The van der Waals surface area contributed by atoms with E-state index in [1.54, 1.807) is 24.0 Å².